The first-order valence-electron chi connectivity index (χ1n) is 9.36. The molecule has 0 spiro atoms. The molecular formula is C20H25F3N4O. The van der Waals surface area contributed by atoms with Crippen LogP contribution in [0.3, 0.4) is 0 Å². The molecule has 8 heteroatoms. The molecule has 2 aromatic rings. The summed E-state index contributed by atoms with van der Waals surface area (Å²) in [5, 5.41) is 4.21. The minimum atomic E-state index is -4.43. The van der Waals surface area contributed by atoms with E-state index in [1.54, 1.807) is 18.0 Å². The molecule has 1 fully saturated rings. The maximum atomic E-state index is 12.9. The van der Waals surface area contributed by atoms with Gasteiger partial charge in [0.1, 0.15) is 0 Å². The largest absolute Gasteiger partial charge is 0.416 e. The molecule has 1 atom stereocenters. The first-order chi connectivity index (χ1) is 13.2. The third kappa shape index (κ3) is 4.38. The van der Waals surface area contributed by atoms with Crippen LogP contribution in [-0.4, -0.2) is 58.7 Å². The summed E-state index contributed by atoms with van der Waals surface area (Å²) < 4.78 is 40.1. The smallest absolute Gasteiger partial charge is 0.337 e. The van der Waals surface area contributed by atoms with Crippen molar-refractivity contribution in [2.45, 2.75) is 32.0 Å². The Kier molecular flexibility index (Phi) is 5.79. The minimum absolute atomic E-state index is 0.0694. The van der Waals surface area contributed by atoms with Crippen molar-refractivity contribution in [2.24, 2.45) is 5.92 Å². The van der Waals surface area contributed by atoms with E-state index in [1.807, 2.05) is 6.92 Å². The third-order valence-electron chi connectivity index (χ3n) is 5.62. The summed E-state index contributed by atoms with van der Waals surface area (Å²) in [6.45, 7) is 4.07. The van der Waals surface area contributed by atoms with Gasteiger partial charge in [-0.1, -0.05) is 6.07 Å². The van der Waals surface area contributed by atoms with Crippen LogP contribution in [0.1, 0.15) is 35.8 Å². The standard InChI is InChI=1S/C20H25F3N4O/c1-14(15-7-10-25(2)11-8-15)26(3)19(28)18-9-12-27(24-18)17-6-4-5-16(13-17)20(21,22)23/h4-6,9,12-15H,7-8,10-11H2,1-3H3. The highest BCUT2D eigenvalue weighted by Crippen LogP contribution is 2.30. The van der Waals surface area contributed by atoms with Gasteiger partial charge in [-0.25, -0.2) is 4.68 Å². The van der Waals surface area contributed by atoms with Gasteiger partial charge in [-0.05, 0) is 70.1 Å². The van der Waals surface area contributed by atoms with E-state index in [9.17, 15) is 18.0 Å². The molecule has 1 aromatic heterocycles. The number of aromatic nitrogens is 2. The van der Waals surface area contributed by atoms with Crippen LogP contribution in [-0.2, 0) is 6.18 Å². The Labute approximate surface area is 162 Å². The number of carbonyl (C=O) groups excluding carboxylic acids is 1. The molecule has 0 bridgehead atoms. The quantitative estimate of drug-likeness (QED) is 0.794. The predicted molar refractivity (Wildman–Crippen MR) is 100 cm³/mol. The molecule has 3 rings (SSSR count). The third-order valence-corrected chi connectivity index (χ3v) is 5.62. The van der Waals surface area contributed by atoms with E-state index in [0.717, 1.165) is 38.1 Å². The van der Waals surface area contributed by atoms with Gasteiger partial charge in [0.15, 0.2) is 5.69 Å². The molecule has 1 aliphatic rings. The summed E-state index contributed by atoms with van der Waals surface area (Å²) in [6.07, 6.45) is -0.843. The lowest BCUT2D eigenvalue weighted by Gasteiger charge is -2.36. The van der Waals surface area contributed by atoms with Crippen LogP contribution in [0.4, 0.5) is 13.2 Å². The molecule has 2 heterocycles. The maximum absolute atomic E-state index is 12.9. The van der Waals surface area contributed by atoms with E-state index in [2.05, 4.69) is 17.0 Å². The summed E-state index contributed by atoms with van der Waals surface area (Å²) in [5.41, 5.74) is -0.263. The molecule has 5 nitrogen and oxygen atoms in total. The van der Waals surface area contributed by atoms with E-state index >= 15 is 0 Å². The first-order valence-corrected chi connectivity index (χ1v) is 9.36. The van der Waals surface area contributed by atoms with Crippen LogP contribution in [0.15, 0.2) is 36.5 Å². The zero-order chi connectivity index (χ0) is 20.5. The molecule has 1 unspecified atom stereocenters. The summed E-state index contributed by atoms with van der Waals surface area (Å²) in [5.74, 6) is 0.202. The van der Waals surface area contributed by atoms with Crippen LogP contribution in [0, 0.1) is 5.92 Å². The van der Waals surface area contributed by atoms with Crippen molar-refractivity contribution in [1.29, 1.82) is 0 Å². The number of rotatable bonds is 4. The van der Waals surface area contributed by atoms with Gasteiger partial charge in [0.2, 0.25) is 0 Å². The molecule has 152 valence electrons. The van der Waals surface area contributed by atoms with Gasteiger partial charge in [-0.15, -0.1) is 0 Å². The van der Waals surface area contributed by atoms with Gasteiger partial charge < -0.3 is 9.80 Å². The first kappa shape index (κ1) is 20.4. The Morgan fingerprint density at radius 3 is 2.57 bits per heavy atom. The Morgan fingerprint density at radius 1 is 1.25 bits per heavy atom. The van der Waals surface area contributed by atoms with Crippen LogP contribution < -0.4 is 0 Å². The Balaban J connectivity index is 1.73. The maximum Gasteiger partial charge on any atom is 0.416 e. The highest BCUT2D eigenvalue weighted by atomic mass is 19.4. The molecule has 1 saturated heterocycles. The van der Waals surface area contributed by atoms with Gasteiger partial charge in [0.25, 0.3) is 5.91 Å². The lowest BCUT2D eigenvalue weighted by Crippen LogP contribution is -2.44. The van der Waals surface area contributed by atoms with Crippen molar-refractivity contribution in [1.82, 2.24) is 19.6 Å². The number of hydrogen-bond donors (Lipinski definition) is 0. The number of likely N-dealkylation sites (tertiary alicyclic amines) is 1. The molecule has 1 aromatic carbocycles. The van der Waals surface area contributed by atoms with E-state index in [0.29, 0.717) is 5.92 Å². The number of benzene rings is 1. The molecule has 28 heavy (non-hydrogen) atoms. The number of halogens is 3. The molecule has 0 radical (unpaired) electrons. The van der Waals surface area contributed by atoms with Crippen LogP contribution in [0.5, 0.6) is 0 Å². The number of alkyl halides is 3. The van der Waals surface area contributed by atoms with Gasteiger partial charge in [-0.3, -0.25) is 4.79 Å². The van der Waals surface area contributed by atoms with Crippen molar-refractivity contribution in [3.8, 4) is 5.69 Å². The fourth-order valence-electron chi connectivity index (χ4n) is 3.60. The number of piperidine rings is 1. The van der Waals surface area contributed by atoms with Crippen molar-refractivity contribution in [3.63, 3.8) is 0 Å². The molecule has 0 aliphatic carbocycles. The molecular weight excluding hydrogens is 369 g/mol. The lowest BCUT2D eigenvalue weighted by molar-refractivity contribution is -0.137. The normalized spacial score (nSPS) is 17.5. The van der Waals surface area contributed by atoms with Gasteiger partial charge in [-0.2, -0.15) is 18.3 Å². The van der Waals surface area contributed by atoms with Gasteiger partial charge >= 0.3 is 6.18 Å². The highest BCUT2D eigenvalue weighted by molar-refractivity contribution is 5.92. The second-order valence-corrected chi connectivity index (χ2v) is 7.49. The van der Waals surface area contributed by atoms with E-state index in [1.165, 1.54) is 23.0 Å². The molecule has 1 amide bonds. The fraction of sp³-hybridized carbons (Fsp3) is 0.500. The molecule has 0 N–H and O–H groups in total. The zero-order valence-electron chi connectivity index (χ0n) is 16.3. The van der Waals surface area contributed by atoms with Crippen molar-refractivity contribution < 1.29 is 18.0 Å². The van der Waals surface area contributed by atoms with Crippen molar-refractivity contribution in [2.75, 3.05) is 27.2 Å². The highest BCUT2D eigenvalue weighted by Gasteiger charge is 2.31. The molecule has 0 saturated carbocycles. The van der Waals surface area contributed by atoms with Crippen molar-refractivity contribution in [3.05, 3.63) is 47.8 Å². The predicted octanol–water partition coefficient (Wildman–Crippen LogP) is 3.69. The summed E-state index contributed by atoms with van der Waals surface area (Å²) >= 11 is 0. The number of hydrogen-bond acceptors (Lipinski definition) is 3. The lowest BCUT2D eigenvalue weighted by atomic mass is 9.89. The van der Waals surface area contributed by atoms with E-state index in [-0.39, 0.29) is 23.3 Å². The van der Waals surface area contributed by atoms with Gasteiger partial charge in [0.05, 0.1) is 11.3 Å². The summed E-state index contributed by atoms with van der Waals surface area (Å²) in [7, 11) is 3.85. The monoisotopic (exact) mass is 394 g/mol. The van der Waals surface area contributed by atoms with Crippen molar-refractivity contribution >= 4 is 5.91 Å². The second-order valence-electron chi connectivity index (χ2n) is 7.49. The SMILES string of the molecule is CC(C1CCN(C)CC1)N(C)C(=O)c1ccn(-c2cccc(C(F)(F)F)c2)n1. The molecule has 1 aliphatic heterocycles. The van der Waals surface area contributed by atoms with Gasteiger partial charge in [0, 0.05) is 19.3 Å². The number of nitrogens with zero attached hydrogens (tertiary/aromatic N) is 4. The topological polar surface area (TPSA) is 41.4 Å². The van der Waals surface area contributed by atoms with Crippen LogP contribution >= 0.6 is 0 Å². The zero-order valence-corrected chi connectivity index (χ0v) is 16.3. The minimum Gasteiger partial charge on any atom is -0.337 e. The summed E-state index contributed by atoms with van der Waals surface area (Å²) in [6, 6.07) is 6.50. The summed E-state index contributed by atoms with van der Waals surface area (Å²) in [4.78, 5) is 16.8. The fourth-order valence-corrected chi connectivity index (χ4v) is 3.60. The number of amides is 1. The second kappa shape index (κ2) is 7.95. The average Bonchev–Trinajstić information content (AvgIpc) is 3.16. The van der Waals surface area contributed by atoms with E-state index in [4.69, 9.17) is 0 Å². The van der Waals surface area contributed by atoms with Crippen LogP contribution in [0.2, 0.25) is 0 Å². The van der Waals surface area contributed by atoms with Crippen LogP contribution in [0.25, 0.3) is 5.69 Å². The Bertz CT molecular complexity index is 825. The Morgan fingerprint density at radius 2 is 1.93 bits per heavy atom. The number of carbonyl (C=O) groups is 1. The average molecular weight is 394 g/mol. The Hall–Kier alpha value is -2.35. The van der Waals surface area contributed by atoms with E-state index < -0.39 is 11.7 Å².